The fraction of sp³-hybridized carbons (Fsp3) is 0.368. The van der Waals surface area contributed by atoms with Crippen LogP contribution in [0.15, 0.2) is 39.9 Å². The number of carbonyl (C=O) groups is 1. The molecular weight excluding hydrogens is 346 g/mol. The lowest BCUT2D eigenvalue weighted by atomic mass is 9.96. The number of benzene rings is 1. The fourth-order valence-electron chi connectivity index (χ4n) is 3.45. The summed E-state index contributed by atoms with van der Waals surface area (Å²) in [5.74, 6) is -0.134. The predicted octanol–water partition coefficient (Wildman–Crippen LogP) is 0.811. The number of hydrogen-bond acceptors (Lipinski definition) is 5. The molecule has 0 saturated carbocycles. The number of para-hydroxylation sites is 1. The highest BCUT2D eigenvalue weighted by atomic mass is 16.2. The number of nitriles is 1. The summed E-state index contributed by atoms with van der Waals surface area (Å²) in [6.45, 7) is 0.915. The van der Waals surface area contributed by atoms with Crippen molar-refractivity contribution >= 4 is 17.4 Å². The van der Waals surface area contributed by atoms with Gasteiger partial charge in [-0.15, -0.1) is 0 Å². The number of aromatic nitrogens is 2. The molecule has 0 bridgehead atoms. The van der Waals surface area contributed by atoms with Crippen LogP contribution in [0, 0.1) is 17.2 Å². The maximum atomic E-state index is 12.6. The minimum Gasteiger partial charge on any atom is -0.356 e. The van der Waals surface area contributed by atoms with Gasteiger partial charge in [0.15, 0.2) is 5.56 Å². The molecule has 1 N–H and O–H groups in total. The summed E-state index contributed by atoms with van der Waals surface area (Å²) in [6, 6.07) is 11.1. The number of anilines is 2. The van der Waals surface area contributed by atoms with E-state index in [0.717, 1.165) is 16.7 Å². The van der Waals surface area contributed by atoms with Crippen molar-refractivity contribution in [2.24, 2.45) is 20.0 Å². The Morgan fingerprint density at radius 3 is 2.56 bits per heavy atom. The Morgan fingerprint density at radius 1 is 1.19 bits per heavy atom. The van der Waals surface area contributed by atoms with Gasteiger partial charge < -0.3 is 10.2 Å². The molecule has 1 aromatic heterocycles. The molecule has 0 radical (unpaired) electrons. The molecule has 8 nitrogen and oxygen atoms in total. The molecule has 1 atom stereocenters. The topological polar surface area (TPSA) is 100 Å². The summed E-state index contributed by atoms with van der Waals surface area (Å²) < 4.78 is 2.23. The fourth-order valence-corrected chi connectivity index (χ4v) is 3.45. The van der Waals surface area contributed by atoms with Crippen LogP contribution in [0.1, 0.15) is 18.4 Å². The van der Waals surface area contributed by atoms with Crippen LogP contribution in [0.5, 0.6) is 0 Å². The summed E-state index contributed by atoms with van der Waals surface area (Å²) in [4.78, 5) is 39.0. The minimum atomic E-state index is -0.619. The third kappa shape index (κ3) is 3.49. The first-order chi connectivity index (χ1) is 12.9. The monoisotopic (exact) mass is 367 g/mol. The van der Waals surface area contributed by atoms with Crippen molar-refractivity contribution in [1.82, 2.24) is 9.13 Å². The second-order valence-corrected chi connectivity index (χ2v) is 6.66. The van der Waals surface area contributed by atoms with Gasteiger partial charge in [-0.25, -0.2) is 4.79 Å². The summed E-state index contributed by atoms with van der Waals surface area (Å²) >= 11 is 0. The Bertz CT molecular complexity index is 1020. The molecule has 3 rings (SSSR count). The van der Waals surface area contributed by atoms with E-state index in [2.05, 4.69) is 5.32 Å². The van der Waals surface area contributed by atoms with Crippen LogP contribution in [0.2, 0.25) is 0 Å². The highest BCUT2D eigenvalue weighted by Crippen LogP contribution is 2.24. The molecule has 1 aliphatic rings. The van der Waals surface area contributed by atoms with Crippen LogP contribution in [-0.2, 0) is 18.9 Å². The summed E-state index contributed by atoms with van der Waals surface area (Å²) in [6.07, 6.45) is 1.43. The van der Waals surface area contributed by atoms with Gasteiger partial charge in [-0.05, 0) is 25.0 Å². The number of amides is 1. The van der Waals surface area contributed by atoms with Crippen molar-refractivity contribution in [1.29, 1.82) is 5.26 Å². The molecule has 1 fully saturated rings. The average molecular weight is 367 g/mol. The third-order valence-corrected chi connectivity index (χ3v) is 4.88. The van der Waals surface area contributed by atoms with E-state index in [1.807, 2.05) is 36.4 Å². The standard InChI is InChI=1S/C19H21N5O3/c1-22-17(15(11-20)18(26)23(2)19(22)27)24-10-6-7-13(12-24)16(25)21-14-8-4-3-5-9-14/h3-5,8-9,13H,6-7,10,12H2,1-2H3,(H,21,25). The molecule has 2 aromatic rings. The third-order valence-electron chi connectivity index (χ3n) is 4.88. The molecule has 1 aliphatic heterocycles. The van der Waals surface area contributed by atoms with Crippen molar-refractivity contribution < 1.29 is 4.79 Å². The van der Waals surface area contributed by atoms with Crippen molar-refractivity contribution in [3.8, 4) is 6.07 Å². The zero-order chi connectivity index (χ0) is 19.6. The molecule has 1 saturated heterocycles. The number of nitrogens with zero attached hydrogens (tertiary/aromatic N) is 4. The lowest BCUT2D eigenvalue weighted by molar-refractivity contribution is -0.120. The maximum Gasteiger partial charge on any atom is 0.332 e. The summed E-state index contributed by atoms with van der Waals surface area (Å²) in [5.41, 5.74) is -0.474. The van der Waals surface area contributed by atoms with Crippen LogP contribution in [0.3, 0.4) is 0 Å². The quantitative estimate of drug-likeness (QED) is 0.865. The van der Waals surface area contributed by atoms with Crippen molar-refractivity contribution in [2.45, 2.75) is 12.8 Å². The molecular formula is C19H21N5O3. The van der Waals surface area contributed by atoms with Crippen LogP contribution < -0.4 is 21.5 Å². The number of piperidine rings is 1. The minimum absolute atomic E-state index is 0.0799. The number of rotatable bonds is 3. The Balaban J connectivity index is 1.89. The van der Waals surface area contributed by atoms with Crippen LogP contribution >= 0.6 is 0 Å². The van der Waals surface area contributed by atoms with E-state index in [4.69, 9.17) is 0 Å². The SMILES string of the molecule is Cn1c(N2CCCC(C(=O)Nc3ccccc3)C2)c(C#N)c(=O)n(C)c1=O. The van der Waals surface area contributed by atoms with Gasteiger partial charge in [0, 0.05) is 32.9 Å². The largest absolute Gasteiger partial charge is 0.356 e. The lowest BCUT2D eigenvalue weighted by Gasteiger charge is -2.34. The highest BCUT2D eigenvalue weighted by molar-refractivity contribution is 5.93. The normalized spacial score (nSPS) is 16.6. The van der Waals surface area contributed by atoms with Crippen LogP contribution in [0.25, 0.3) is 0 Å². The van der Waals surface area contributed by atoms with Gasteiger partial charge in [-0.3, -0.25) is 18.7 Å². The first kappa shape index (κ1) is 18.5. The predicted molar refractivity (Wildman–Crippen MR) is 102 cm³/mol. The number of nitrogens with one attached hydrogen (secondary N) is 1. The summed E-state index contributed by atoms with van der Waals surface area (Å²) in [7, 11) is 2.88. The molecule has 8 heteroatoms. The Morgan fingerprint density at radius 2 is 1.89 bits per heavy atom. The Labute approximate surface area is 156 Å². The van der Waals surface area contributed by atoms with E-state index >= 15 is 0 Å². The average Bonchev–Trinajstić information content (AvgIpc) is 2.69. The lowest BCUT2D eigenvalue weighted by Crippen LogP contribution is -2.47. The van der Waals surface area contributed by atoms with Gasteiger partial charge in [-0.2, -0.15) is 5.26 Å². The van der Waals surface area contributed by atoms with Gasteiger partial charge in [0.05, 0.1) is 5.92 Å². The summed E-state index contributed by atoms with van der Waals surface area (Å²) in [5, 5.41) is 12.3. The van der Waals surface area contributed by atoms with Gasteiger partial charge in [0.25, 0.3) is 5.56 Å². The molecule has 0 aliphatic carbocycles. The first-order valence-corrected chi connectivity index (χ1v) is 8.75. The van der Waals surface area contributed by atoms with Crippen LogP contribution in [-0.4, -0.2) is 28.1 Å². The molecule has 1 unspecified atom stereocenters. The smallest absolute Gasteiger partial charge is 0.332 e. The molecule has 1 amide bonds. The zero-order valence-corrected chi connectivity index (χ0v) is 15.3. The molecule has 140 valence electrons. The number of hydrogen-bond donors (Lipinski definition) is 1. The maximum absolute atomic E-state index is 12.6. The highest BCUT2D eigenvalue weighted by Gasteiger charge is 2.30. The molecule has 27 heavy (non-hydrogen) atoms. The van der Waals surface area contributed by atoms with Crippen LogP contribution in [0.4, 0.5) is 11.5 Å². The number of carbonyl (C=O) groups excluding carboxylic acids is 1. The van der Waals surface area contributed by atoms with Crippen molar-refractivity contribution in [3.63, 3.8) is 0 Å². The van der Waals surface area contributed by atoms with E-state index in [-0.39, 0.29) is 23.2 Å². The van der Waals surface area contributed by atoms with E-state index in [1.165, 1.54) is 18.7 Å². The second-order valence-electron chi connectivity index (χ2n) is 6.66. The van der Waals surface area contributed by atoms with Crippen molar-refractivity contribution in [2.75, 3.05) is 23.3 Å². The van der Waals surface area contributed by atoms with Gasteiger partial charge in [0.1, 0.15) is 11.9 Å². The Hall–Kier alpha value is -3.34. The zero-order valence-electron chi connectivity index (χ0n) is 15.3. The first-order valence-electron chi connectivity index (χ1n) is 8.75. The van der Waals surface area contributed by atoms with Gasteiger partial charge >= 0.3 is 5.69 Å². The molecule has 2 heterocycles. The van der Waals surface area contributed by atoms with E-state index in [9.17, 15) is 19.6 Å². The molecule has 0 spiro atoms. The van der Waals surface area contributed by atoms with E-state index < -0.39 is 11.2 Å². The van der Waals surface area contributed by atoms with Gasteiger partial charge in [0.2, 0.25) is 5.91 Å². The Kier molecular flexibility index (Phi) is 5.12. The van der Waals surface area contributed by atoms with Gasteiger partial charge in [-0.1, -0.05) is 18.2 Å². The molecule has 1 aromatic carbocycles. The van der Waals surface area contributed by atoms with E-state index in [0.29, 0.717) is 19.5 Å². The van der Waals surface area contributed by atoms with Crippen molar-refractivity contribution in [3.05, 3.63) is 56.7 Å². The van der Waals surface area contributed by atoms with E-state index in [1.54, 1.807) is 4.90 Å². The second kappa shape index (κ2) is 7.50.